The molecule has 0 saturated heterocycles. The molecule has 0 heterocycles. The number of unbranched alkanes of at least 4 members (excludes halogenated alkanes) is 1. The number of rotatable bonds is 36. The van der Waals surface area contributed by atoms with Crippen LogP contribution in [0.4, 0.5) is 22.7 Å². The smallest absolute Gasteiger partial charge is 0.253 e. The van der Waals surface area contributed by atoms with Crippen molar-refractivity contribution in [2.45, 2.75) is 102 Å². The number of amides is 8. The van der Waals surface area contributed by atoms with Gasteiger partial charge in [0.15, 0.2) is 23.8 Å². The van der Waals surface area contributed by atoms with E-state index in [1.807, 2.05) is 0 Å². The molecule has 486 valence electrons. The summed E-state index contributed by atoms with van der Waals surface area (Å²) in [6.07, 6.45) is 9.41. The first kappa shape index (κ1) is 73.5. The van der Waals surface area contributed by atoms with Crippen molar-refractivity contribution in [1.29, 1.82) is 21.6 Å². The summed E-state index contributed by atoms with van der Waals surface area (Å²) < 4.78 is 0. The molecule has 4 aromatic carbocycles. The maximum Gasteiger partial charge on any atom is 0.253 e. The zero-order valence-corrected chi connectivity index (χ0v) is 53.6. The number of anilines is 4. The molecule has 27 N–H and O–H groups in total. The predicted molar refractivity (Wildman–Crippen MR) is 359 cm³/mol. The van der Waals surface area contributed by atoms with Crippen LogP contribution in [-0.4, -0.2) is 146 Å². The number of hydrogen-bond acceptors (Lipinski definition) is 17. The molecule has 29 nitrogen and oxygen atoms in total. The van der Waals surface area contributed by atoms with Crippen LogP contribution in [-0.2, 0) is 19.2 Å². The molecule has 0 unspecified atom stereocenters. The van der Waals surface area contributed by atoms with Crippen LogP contribution in [0.25, 0.3) is 0 Å². The standard InChI is InChI=1S/C57H81N21O8S4/c1-87-42-18-14-30(26-34(42)46(59)79)73-51(84)39(11-5-6-22-68-54(60)61)76-47(80)36-28-32(16-20-44(36)89-3)74-53(86)41(13-9-25-71-57(66)67)78-49(82)37-29-33(17-21-45(37)90-4)75-52(85)40(12-8-24-70-56(64)65)77-48(81)35-27-31(15-19-43(35)88-2)72-50(83)38(58)10-7-23-69-55(62)63/h14-21,26-29,38-41H,5-13,22-25,58H2,1-4H3,(H2,59,79)(H,72,83)(H,73,84)(H,74,86)(H,75,85)(H,76,80)(H,77,81)(H,78,82)(H4,60,61,68)(H4,62,63,69)(H4,64,65,70)(H4,66,67,71)/t38-,39-,40-,41-/m0/s1. The highest BCUT2D eigenvalue weighted by Crippen LogP contribution is 2.29. The zero-order valence-electron chi connectivity index (χ0n) is 50.3. The van der Waals surface area contributed by atoms with Crippen LogP contribution in [0, 0.1) is 21.6 Å². The van der Waals surface area contributed by atoms with E-state index >= 15 is 0 Å². The van der Waals surface area contributed by atoms with Crippen molar-refractivity contribution in [3.05, 3.63) is 95.1 Å². The number of primary amides is 1. The molecule has 0 fully saturated rings. The maximum absolute atomic E-state index is 14.5. The van der Waals surface area contributed by atoms with Gasteiger partial charge in [-0.25, -0.2) is 0 Å². The monoisotopic (exact) mass is 1320 g/mol. The molecule has 0 aliphatic carbocycles. The number of carbonyl (C=O) groups is 8. The number of guanidine groups is 4. The van der Waals surface area contributed by atoms with Crippen molar-refractivity contribution in [3.63, 3.8) is 0 Å². The lowest BCUT2D eigenvalue weighted by molar-refractivity contribution is -0.118. The van der Waals surface area contributed by atoms with Crippen molar-refractivity contribution < 1.29 is 38.4 Å². The Morgan fingerprint density at radius 3 is 0.944 bits per heavy atom. The summed E-state index contributed by atoms with van der Waals surface area (Å²) in [7, 11) is 0. The molecule has 90 heavy (non-hydrogen) atoms. The van der Waals surface area contributed by atoms with Gasteiger partial charge in [0.25, 0.3) is 17.7 Å². The highest BCUT2D eigenvalue weighted by Gasteiger charge is 2.28. The fourth-order valence-corrected chi connectivity index (χ4v) is 11.0. The first-order valence-corrected chi connectivity index (χ1v) is 33.0. The Kier molecular flexibility index (Phi) is 30.9. The highest BCUT2D eigenvalue weighted by molar-refractivity contribution is 7.99. The predicted octanol–water partition coefficient (Wildman–Crippen LogP) is 2.59. The van der Waals surface area contributed by atoms with Gasteiger partial charge in [0.1, 0.15) is 18.1 Å². The summed E-state index contributed by atoms with van der Waals surface area (Å²) in [4.78, 5) is 113. The van der Waals surface area contributed by atoms with E-state index in [1.165, 1.54) is 71.3 Å². The Hall–Kier alpha value is -8.92. The molecule has 0 aliphatic rings. The van der Waals surface area contributed by atoms with E-state index in [0.717, 1.165) is 0 Å². The molecular formula is C57H81N21O8S4. The number of carbonyl (C=O) groups excluding carboxylic acids is 8. The number of nitrogens with one attached hydrogen (secondary N) is 15. The van der Waals surface area contributed by atoms with Gasteiger partial charge in [-0.1, -0.05) is 0 Å². The lowest BCUT2D eigenvalue weighted by Crippen LogP contribution is -2.45. The van der Waals surface area contributed by atoms with Crippen molar-refractivity contribution in [2.24, 2.45) is 34.4 Å². The van der Waals surface area contributed by atoms with E-state index in [-0.39, 0.29) is 120 Å². The summed E-state index contributed by atoms with van der Waals surface area (Å²) >= 11 is 5.03. The zero-order chi connectivity index (χ0) is 66.5. The van der Waals surface area contributed by atoms with Crippen LogP contribution in [0.3, 0.4) is 0 Å². The van der Waals surface area contributed by atoms with Crippen LogP contribution in [0.2, 0.25) is 0 Å². The van der Waals surface area contributed by atoms with Gasteiger partial charge in [0.2, 0.25) is 29.5 Å². The van der Waals surface area contributed by atoms with Crippen LogP contribution in [0.15, 0.2) is 92.4 Å². The van der Waals surface area contributed by atoms with Crippen LogP contribution < -0.4 is 92.9 Å². The van der Waals surface area contributed by atoms with Gasteiger partial charge in [-0.3, -0.25) is 60.0 Å². The summed E-state index contributed by atoms with van der Waals surface area (Å²) in [6, 6.07) is 14.2. The lowest BCUT2D eigenvalue weighted by atomic mass is 10.1. The van der Waals surface area contributed by atoms with Gasteiger partial charge in [-0.15, -0.1) is 47.0 Å². The van der Waals surface area contributed by atoms with Gasteiger partial charge >= 0.3 is 0 Å². The van der Waals surface area contributed by atoms with E-state index in [9.17, 15) is 38.4 Å². The Balaban J connectivity index is 1.59. The molecule has 0 aliphatic heterocycles. The molecule has 0 radical (unpaired) electrons. The molecule has 4 aromatic rings. The quantitative estimate of drug-likeness (QED) is 0.0135. The fraction of sp³-hybridized carbons (Fsp3) is 0.368. The molecule has 0 aromatic heterocycles. The molecule has 0 bridgehead atoms. The Morgan fingerprint density at radius 2 is 0.644 bits per heavy atom. The van der Waals surface area contributed by atoms with Gasteiger partial charge in [0.05, 0.1) is 28.3 Å². The normalized spacial score (nSPS) is 12.1. The summed E-state index contributed by atoms with van der Waals surface area (Å²) in [5.41, 5.74) is 35.0. The Morgan fingerprint density at radius 1 is 0.378 bits per heavy atom. The number of nitrogens with two attached hydrogens (primary N) is 6. The van der Waals surface area contributed by atoms with Gasteiger partial charge in [-0.05, 0) is 156 Å². The molecule has 33 heteroatoms. The molecule has 8 amide bonds. The molecule has 0 spiro atoms. The van der Waals surface area contributed by atoms with Crippen LogP contribution in [0.5, 0.6) is 0 Å². The van der Waals surface area contributed by atoms with Crippen molar-refractivity contribution in [2.75, 3.05) is 72.5 Å². The van der Waals surface area contributed by atoms with E-state index in [1.54, 1.807) is 73.6 Å². The first-order chi connectivity index (χ1) is 42.9. The van der Waals surface area contributed by atoms with E-state index in [2.05, 4.69) is 58.5 Å². The summed E-state index contributed by atoms with van der Waals surface area (Å²) in [6.45, 7) is 1.03. The number of thioether (sulfide) groups is 4. The van der Waals surface area contributed by atoms with Gasteiger partial charge in [-0.2, -0.15) is 0 Å². The lowest BCUT2D eigenvalue weighted by Gasteiger charge is -2.22. The largest absolute Gasteiger partial charge is 0.370 e. The second kappa shape index (κ2) is 37.8. The van der Waals surface area contributed by atoms with Crippen molar-refractivity contribution in [1.82, 2.24) is 37.2 Å². The van der Waals surface area contributed by atoms with Crippen molar-refractivity contribution >= 4 is 141 Å². The van der Waals surface area contributed by atoms with E-state index in [4.69, 9.17) is 56.0 Å². The van der Waals surface area contributed by atoms with E-state index in [0.29, 0.717) is 51.9 Å². The first-order valence-electron chi connectivity index (χ1n) is 28.1. The maximum atomic E-state index is 14.5. The summed E-state index contributed by atoms with van der Waals surface area (Å²) in [5.74, 6) is -6.17. The molecule has 4 atom stereocenters. The molecular weight excluding hydrogens is 1240 g/mol. The molecule has 0 saturated carbocycles. The third-order valence-electron chi connectivity index (χ3n) is 13.3. The number of hydrogen-bond donors (Lipinski definition) is 21. The number of benzene rings is 4. The van der Waals surface area contributed by atoms with Gasteiger partial charge < -0.3 is 92.9 Å². The second-order valence-electron chi connectivity index (χ2n) is 20.0. The minimum Gasteiger partial charge on any atom is -0.370 e. The van der Waals surface area contributed by atoms with E-state index < -0.39 is 71.4 Å². The fourth-order valence-electron chi connectivity index (χ4n) is 8.74. The minimum absolute atomic E-state index is 0.0286. The van der Waals surface area contributed by atoms with Crippen LogP contribution in [0.1, 0.15) is 99.2 Å². The topological polar surface area (TPSA) is 520 Å². The SMILES string of the molecule is CSc1ccc(NC(=O)[C@H](CCCCNC(=N)N)NC(=O)c2cc(NC(=O)[C@H](CCCNC(=N)N)NC(=O)c3cc(NC(=O)[C@H](CCCNC(=N)N)NC(=O)c4cc(NC(=O)[C@@H](N)CCCNC(=N)N)ccc4SC)ccc3SC)ccc2SC)cc1C(N)=O. The summed E-state index contributed by atoms with van der Waals surface area (Å²) in [5, 5.41) is 60.3. The third-order valence-corrected chi connectivity index (χ3v) is 16.5. The van der Waals surface area contributed by atoms with Crippen LogP contribution >= 0.6 is 47.0 Å². The minimum atomic E-state index is -1.23. The Labute approximate surface area is 538 Å². The van der Waals surface area contributed by atoms with Crippen molar-refractivity contribution in [3.8, 4) is 0 Å². The van der Waals surface area contributed by atoms with Gasteiger partial charge in [0, 0.05) is 68.5 Å². The average Bonchev–Trinajstić information content (AvgIpc) is 1.000. The average molecular weight is 1320 g/mol. The highest BCUT2D eigenvalue weighted by atomic mass is 32.2. The molecule has 4 rings (SSSR count). The second-order valence-corrected chi connectivity index (χ2v) is 23.3. The third kappa shape index (κ3) is 24.6. The Bertz CT molecular complexity index is 3270.